The average Bonchev–Trinajstić information content (AvgIpc) is 3.27. The van der Waals surface area contributed by atoms with Crippen LogP contribution in [-0.2, 0) is 0 Å². The summed E-state index contributed by atoms with van der Waals surface area (Å²) >= 11 is 2.88. The van der Waals surface area contributed by atoms with Gasteiger partial charge in [0.1, 0.15) is 5.82 Å². The van der Waals surface area contributed by atoms with E-state index in [2.05, 4.69) is 10.1 Å². The van der Waals surface area contributed by atoms with Crippen LogP contribution in [0.4, 0.5) is 4.39 Å². The second-order valence-electron chi connectivity index (χ2n) is 4.98. The van der Waals surface area contributed by atoms with Gasteiger partial charge in [0.25, 0.3) is 5.56 Å². The maximum Gasteiger partial charge on any atom is 0.291 e. The van der Waals surface area contributed by atoms with Gasteiger partial charge in [0.15, 0.2) is 5.82 Å². The van der Waals surface area contributed by atoms with E-state index in [-0.39, 0.29) is 11.4 Å². The molecule has 0 aliphatic carbocycles. The number of hydrogen-bond donors (Lipinski definition) is 0. The molecule has 4 nitrogen and oxygen atoms in total. The highest BCUT2D eigenvalue weighted by Crippen LogP contribution is 2.12. The fourth-order valence-electron chi connectivity index (χ4n) is 2.17. The van der Waals surface area contributed by atoms with Crippen molar-refractivity contribution in [3.63, 3.8) is 0 Å². The number of aromatic nitrogens is 3. The van der Waals surface area contributed by atoms with Gasteiger partial charge in [0.2, 0.25) is 4.96 Å². The molecular formula is C17H10FN3OS2. The summed E-state index contributed by atoms with van der Waals surface area (Å²) in [5.41, 5.74) is 0.540. The largest absolute Gasteiger partial charge is 0.291 e. The molecule has 0 radical (unpaired) electrons. The topological polar surface area (TPSA) is 47.3 Å². The van der Waals surface area contributed by atoms with Crippen LogP contribution in [0.2, 0.25) is 0 Å². The summed E-state index contributed by atoms with van der Waals surface area (Å²) in [6.45, 7) is 0. The molecule has 0 aliphatic heterocycles. The maximum atomic E-state index is 12.9. The van der Waals surface area contributed by atoms with Crippen LogP contribution < -0.4 is 10.1 Å². The van der Waals surface area contributed by atoms with Gasteiger partial charge in [-0.2, -0.15) is 9.50 Å². The van der Waals surface area contributed by atoms with Crippen molar-refractivity contribution in [3.8, 4) is 0 Å². The van der Waals surface area contributed by atoms with Crippen LogP contribution in [0.25, 0.3) is 23.2 Å². The Morgan fingerprint density at radius 1 is 1.12 bits per heavy atom. The lowest BCUT2D eigenvalue weighted by atomic mass is 10.2. The molecule has 0 unspecified atom stereocenters. The van der Waals surface area contributed by atoms with Crippen LogP contribution in [0.15, 0.2) is 46.6 Å². The number of halogens is 1. The molecule has 0 bridgehead atoms. The van der Waals surface area contributed by atoms with Gasteiger partial charge in [-0.05, 0) is 47.4 Å². The van der Waals surface area contributed by atoms with Crippen LogP contribution >= 0.6 is 22.7 Å². The predicted molar refractivity (Wildman–Crippen MR) is 95.6 cm³/mol. The van der Waals surface area contributed by atoms with E-state index in [1.165, 1.54) is 28.0 Å². The van der Waals surface area contributed by atoms with Crippen LogP contribution in [-0.4, -0.2) is 14.6 Å². The highest BCUT2D eigenvalue weighted by Gasteiger charge is 2.08. The molecule has 3 aromatic heterocycles. The molecule has 1 aromatic carbocycles. The van der Waals surface area contributed by atoms with Crippen molar-refractivity contribution in [1.29, 1.82) is 0 Å². The van der Waals surface area contributed by atoms with Crippen molar-refractivity contribution in [2.24, 2.45) is 0 Å². The third-order valence-electron chi connectivity index (χ3n) is 3.31. The molecule has 0 saturated heterocycles. The van der Waals surface area contributed by atoms with Gasteiger partial charge in [-0.15, -0.1) is 16.4 Å². The van der Waals surface area contributed by atoms with Crippen molar-refractivity contribution in [2.75, 3.05) is 0 Å². The van der Waals surface area contributed by atoms with E-state index >= 15 is 0 Å². The average molecular weight is 355 g/mol. The highest BCUT2D eigenvalue weighted by atomic mass is 32.1. The normalized spacial score (nSPS) is 12.6. The van der Waals surface area contributed by atoms with E-state index in [0.717, 1.165) is 10.4 Å². The fourth-order valence-corrected chi connectivity index (χ4v) is 3.71. The first-order valence-corrected chi connectivity index (χ1v) is 8.77. The number of nitrogens with zero attached hydrogens (tertiary/aromatic N) is 3. The molecule has 4 aromatic rings. The van der Waals surface area contributed by atoms with Crippen molar-refractivity contribution >= 4 is 45.9 Å². The summed E-state index contributed by atoms with van der Waals surface area (Å²) in [4.78, 5) is 18.4. The SMILES string of the molecule is O=c1/c(=C\c2ccc(F)cc2)sc2nc(/C=C/c3cccs3)nn12. The lowest BCUT2D eigenvalue weighted by Gasteiger charge is -1.90. The van der Waals surface area contributed by atoms with Gasteiger partial charge in [-0.3, -0.25) is 4.79 Å². The number of hydrogen-bond acceptors (Lipinski definition) is 5. The standard InChI is InChI=1S/C17H10FN3OS2/c18-12-5-3-11(4-6-12)10-14-16(22)21-17(24-14)19-15(20-21)8-7-13-2-1-9-23-13/h1-10H/b8-7+,14-10+. The summed E-state index contributed by atoms with van der Waals surface area (Å²) in [5, 5.41) is 6.22. The Labute approximate surface area is 143 Å². The van der Waals surface area contributed by atoms with Gasteiger partial charge in [0.05, 0.1) is 4.53 Å². The molecule has 3 heterocycles. The summed E-state index contributed by atoms with van der Waals surface area (Å²) in [6.07, 6.45) is 5.42. The summed E-state index contributed by atoms with van der Waals surface area (Å²) in [7, 11) is 0. The molecule has 0 atom stereocenters. The smallest absolute Gasteiger partial charge is 0.266 e. The zero-order valence-electron chi connectivity index (χ0n) is 12.2. The van der Waals surface area contributed by atoms with Crippen molar-refractivity contribution in [3.05, 3.63) is 78.7 Å². The second kappa shape index (κ2) is 6.10. The summed E-state index contributed by atoms with van der Waals surface area (Å²) < 4.78 is 14.8. The van der Waals surface area contributed by atoms with Crippen LogP contribution in [0.5, 0.6) is 0 Å². The molecule has 0 aliphatic rings. The number of fused-ring (bicyclic) bond motifs is 1. The molecule has 0 N–H and O–H groups in total. The van der Waals surface area contributed by atoms with Gasteiger partial charge in [0, 0.05) is 4.88 Å². The first kappa shape index (κ1) is 14.9. The lowest BCUT2D eigenvalue weighted by molar-refractivity contribution is 0.628. The first-order chi connectivity index (χ1) is 11.7. The van der Waals surface area contributed by atoms with Gasteiger partial charge in [-0.25, -0.2) is 4.39 Å². The Kier molecular flexibility index (Phi) is 3.79. The number of thiophene rings is 1. The molecule has 0 spiro atoms. The number of benzene rings is 1. The lowest BCUT2D eigenvalue weighted by Crippen LogP contribution is -2.23. The molecule has 0 fully saturated rings. The maximum absolute atomic E-state index is 12.9. The van der Waals surface area contributed by atoms with Crippen LogP contribution in [0.3, 0.4) is 0 Å². The molecule has 0 saturated carbocycles. The number of rotatable bonds is 3. The Bertz CT molecular complexity index is 1130. The minimum atomic E-state index is -0.306. The fraction of sp³-hybridized carbons (Fsp3) is 0. The van der Waals surface area contributed by atoms with E-state index in [9.17, 15) is 9.18 Å². The van der Waals surface area contributed by atoms with Crippen LogP contribution in [0.1, 0.15) is 16.3 Å². The minimum absolute atomic E-state index is 0.220. The molecule has 24 heavy (non-hydrogen) atoms. The third kappa shape index (κ3) is 2.91. The molecule has 7 heteroatoms. The zero-order chi connectivity index (χ0) is 16.5. The Balaban J connectivity index is 1.70. The Hall–Kier alpha value is -2.64. The number of thiazole rings is 1. The Morgan fingerprint density at radius 3 is 2.67 bits per heavy atom. The van der Waals surface area contributed by atoms with E-state index < -0.39 is 0 Å². The van der Waals surface area contributed by atoms with Gasteiger partial charge in [-0.1, -0.05) is 29.5 Å². The molecular weight excluding hydrogens is 345 g/mol. The Morgan fingerprint density at radius 2 is 1.96 bits per heavy atom. The van der Waals surface area contributed by atoms with Crippen molar-refractivity contribution < 1.29 is 4.39 Å². The monoisotopic (exact) mass is 355 g/mol. The minimum Gasteiger partial charge on any atom is -0.266 e. The van der Waals surface area contributed by atoms with E-state index in [0.29, 0.717) is 15.3 Å². The van der Waals surface area contributed by atoms with Crippen molar-refractivity contribution in [2.45, 2.75) is 0 Å². The molecule has 118 valence electrons. The van der Waals surface area contributed by atoms with E-state index in [4.69, 9.17) is 0 Å². The third-order valence-corrected chi connectivity index (χ3v) is 5.10. The summed E-state index contributed by atoms with van der Waals surface area (Å²) in [6, 6.07) is 9.94. The van der Waals surface area contributed by atoms with E-state index in [1.54, 1.807) is 35.6 Å². The quantitative estimate of drug-likeness (QED) is 0.567. The van der Waals surface area contributed by atoms with Gasteiger partial charge < -0.3 is 0 Å². The first-order valence-electron chi connectivity index (χ1n) is 7.07. The predicted octanol–water partition coefficient (Wildman–Crippen LogP) is 3.07. The highest BCUT2D eigenvalue weighted by molar-refractivity contribution is 7.15. The van der Waals surface area contributed by atoms with Crippen molar-refractivity contribution in [1.82, 2.24) is 14.6 Å². The molecule has 4 rings (SSSR count). The summed E-state index contributed by atoms with van der Waals surface area (Å²) in [5.74, 6) is 0.194. The van der Waals surface area contributed by atoms with E-state index in [1.807, 2.05) is 23.6 Å². The van der Waals surface area contributed by atoms with Crippen LogP contribution in [0, 0.1) is 5.82 Å². The zero-order valence-corrected chi connectivity index (χ0v) is 13.9. The second-order valence-corrected chi connectivity index (χ2v) is 6.97. The van der Waals surface area contributed by atoms with Gasteiger partial charge >= 0.3 is 0 Å². The molecule has 0 amide bonds.